The highest BCUT2D eigenvalue weighted by molar-refractivity contribution is 6.33. The van der Waals surface area contributed by atoms with Crippen LogP contribution in [0.1, 0.15) is 10.6 Å². The van der Waals surface area contributed by atoms with E-state index in [9.17, 15) is 4.79 Å². The molecular formula is C11H9ClN2O3. The molecule has 2 N–H and O–H groups in total. The number of primary amides is 1. The first-order valence-corrected chi connectivity index (χ1v) is 5.09. The molecule has 2 aromatic rings. The van der Waals surface area contributed by atoms with Crippen molar-refractivity contribution in [2.75, 3.05) is 7.11 Å². The van der Waals surface area contributed by atoms with Gasteiger partial charge < -0.3 is 14.9 Å². The first-order valence-electron chi connectivity index (χ1n) is 4.71. The average Bonchev–Trinajstić information content (AvgIpc) is 2.79. The van der Waals surface area contributed by atoms with E-state index in [1.807, 2.05) is 0 Å². The number of amides is 1. The lowest BCUT2D eigenvalue weighted by Crippen LogP contribution is -2.09. The molecule has 88 valence electrons. The molecule has 0 fully saturated rings. The van der Waals surface area contributed by atoms with Gasteiger partial charge in [0.25, 0.3) is 5.91 Å². The van der Waals surface area contributed by atoms with Crippen molar-refractivity contribution in [1.29, 1.82) is 0 Å². The molecule has 0 bridgehead atoms. The van der Waals surface area contributed by atoms with E-state index < -0.39 is 5.91 Å². The Labute approximate surface area is 102 Å². The molecule has 2 heterocycles. The Bertz CT molecular complexity index is 566. The summed E-state index contributed by atoms with van der Waals surface area (Å²) in [4.78, 5) is 14.8. The van der Waals surface area contributed by atoms with Crippen LogP contribution in [0.5, 0.6) is 5.88 Å². The molecule has 0 atom stereocenters. The summed E-state index contributed by atoms with van der Waals surface area (Å²) < 4.78 is 10.3. The molecule has 0 saturated carbocycles. The highest BCUT2D eigenvalue weighted by Crippen LogP contribution is 2.31. The quantitative estimate of drug-likeness (QED) is 0.907. The van der Waals surface area contributed by atoms with Gasteiger partial charge in [-0.1, -0.05) is 11.6 Å². The number of carbonyl (C=O) groups is 1. The number of aromatic nitrogens is 1. The van der Waals surface area contributed by atoms with Crippen LogP contribution in [-0.2, 0) is 0 Å². The van der Waals surface area contributed by atoms with Gasteiger partial charge in [-0.25, -0.2) is 4.98 Å². The van der Waals surface area contributed by atoms with Crippen LogP contribution in [0, 0.1) is 0 Å². The van der Waals surface area contributed by atoms with Crippen LogP contribution in [0.4, 0.5) is 0 Å². The predicted molar refractivity (Wildman–Crippen MR) is 62.0 cm³/mol. The minimum Gasteiger partial charge on any atom is -0.481 e. The lowest BCUT2D eigenvalue weighted by molar-refractivity contribution is 0.0974. The summed E-state index contributed by atoms with van der Waals surface area (Å²) in [5.74, 6) is 0.283. The standard InChI is InChI=1S/C11H9ClN2O3/c1-16-10-4-6(7(12)5-14-10)8-2-3-9(17-8)11(13)15/h2-5H,1H3,(H2,13,15). The highest BCUT2D eigenvalue weighted by Gasteiger charge is 2.12. The second-order valence-corrected chi connectivity index (χ2v) is 3.64. The van der Waals surface area contributed by atoms with Crippen molar-refractivity contribution in [3.05, 3.63) is 35.2 Å². The van der Waals surface area contributed by atoms with Gasteiger partial charge in [-0.2, -0.15) is 0 Å². The Hall–Kier alpha value is -2.01. The van der Waals surface area contributed by atoms with Crippen LogP contribution in [0.15, 0.2) is 28.8 Å². The molecule has 0 unspecified atom stereocenters. The summed E-state index contributed by atoms with van der Waals surface area (Å²) in [6.45, 7) is 0. The van der Waals surface area contributed by atoms with Crippen molar-refractivity contribution in [3.8, 4) is 17.2 Å². The van der Waals surface area contributed by atoms with Crippen molar-refractivity contribution in [2.45, 2.75) is 0 Å². The fourth-order valence-corrected chi connectivity index (χ4v) is 1.53. The Morgan fingerprint density at radius 3 is 2.88 bits per heavy atom. The number of rotatable bonds is 3. The van der Waals surface area contributed by atoms with Crippen molar-refractivity contribution < 1.29 is 13.9 Å². The molecule has 0 aliphatic carbocycles. The van der Waals surface area contributed by atoms with Gasteiger partial charge in [0.2, 0.25) is 5.88 Å². The first kappa shape index (κ1) is 11.5. The fourth-order valence-electron chi connectivity index (χ4n) is 1.34. The maximum atomic E-state index is 10.9. The van der Waals surface area contributed by atoms with E-state index >= 15 is 0 Å². The molecule has 2 aromatic heterocycles. The maximum absolute atomic E-state index is 10.9. The van der Waals surface area contributed by atoms with E-state index in [2.05, 4.69) is 4.98 Å². The molecule has 6 heteroatoms. The van der Waals surface area contributed by atoms with Crippen LogP contribution in [-0.4, -0.2) is 18.0 Å². The molecule has 0 aromatic carbocycles. The Kier molecular flexibility index (Phi) is 3.01. The van der Waals surface area contributed by atoms with E-state index in [-0.39, 0.29) is 5.76 Å². The number of furan rings is 1. The number of carbonyl (C=O) groups excluding carboxylic acids is 1. The summed E-state index contributed by atoms with van der Waals surface area (Å²) >= 11 is 5.98. The number of nitrogens with zero attached hydrogens (tertiary/aromatic N) is 1. The van der Waals surface area contributed by atoms with Gasteiger partial charge in [0, 0.05) is 11.6 Å². The van der Waals surface area contributed by atoms with Crippen LogP contribution in [0.25, 0.3) is 11.3 Å². The van der Waals surface area contributed by atoms with Crippen molar-refractivity contribution in [2.24, 2.45) is 5.73 Å². The molecule has 17 heavy (non-hydrogen) atoms. The fraction of sp³-hybridized carbons (Fsp3) is 0.0909. The molecule has 2 rings (SSSR count). The Morgan fingerprint density at radius 1 is 1.53 bits per heavy atom. The van der Waals surface area contributed by atoms with Crippen molar-refractivity contribution >= 4 is 17.5 Å². The minimum absolute atomic E-state index is 0.0758. The number of pyridine rings is 1. The van der Waals surface area contributed by atoms with E-state index in [0.717, 1.165) is 0 Å². The van der Waals surface area contributed by atoms with Gasteiger partial charge >= 0.3 is 0 Å². The maximum Gasteiger partial charge on any atom is 0.284 e. The summed E-state index contributed by atoms with van der Waals surface area (Å²) in [7, 11) is 1.50. The number of halogens is 1. The van der Waals surface area contributed by atoms with Crippen molar-refractivity contribution in [1.82, 2.24) is 4.98 Å². The first-order chi connectivity index (χ1) is 8.11. The number of hydrogen-bond donors (Lipinski definition) is 1. The topological polar surface area (TPSA) is 78.4 Å². The molecule has 0 saturated heterocycles. The monoisotopic (exact) mass is 252 g/mol. The third-order valence-electron chi connectivity index (χ3n) is 2.15. The molecule has 0 aliphatic rings. The second-order valence-electron chi connectivity index (χ2n) is 3.23. The smallest absolute Gasteiger partial charge is 0.284 e. The number of nitrogens with two attached hydrogens (primary N) is 1. The highest BCUT2D eigenvalue weighted by atomic mass is 35.5. The molecule has 1 amide bonds. The molecule has 5 nitrogen and oxygen atoms in total. The number of ether oxygens (including phenoxy) is 1. The average molecular weight is 253 g/mol. The van der Waals surface area contributed by atoms with Gasteiger partial charge in [0.1, 0.15) is 5.76 Å². The molecule has 0 aliphatic heterocycles. The zero-order chi connectivity index (χ0) is 12.4. The Morgan fingerprint density at radius 2 is 2.29 bits per heavy atom. The normalized spacial score (nSPS) is 10.2. The molecular weight excluding hydrogens is 244 g/mol. The summed E-state index contributed by atoms with van der Waals surface area (Å²) in [6, 6.07) is 4.72. The summed E-state index contributed by atoms with van der Waals surface area (Å²) in [5.41, 5.74) is 5.69. The zero-order valence-electron chi connectivity index (χ0n) is 8.94. The van der Waals surface area contributed by atoms with Gasteiger partial charge in [0.15, 0.2) is 5.76 Å². The van der Waals surface area contributed by atoms with Crippen molar-refractivity contribution in [3.63, 3.8) is 0 Å². The number of methoxy groups -OCH3 is 1. The lowest BCUT2D eigenvalue weighted by atomic mass is 10.2. The van der Waals surface area contributed by atoms with Gasteiger partial charge in [-0.15, -0.1) is 0 Å². The zero-order valence-corrected chi connectivity index (χ0v) is 9.69. The van der Waals surface area contributed by atoms with Gasteiger partial charge in [-0.05, 0) is 12.1 Å². The second kappa shape index (κ2) is 4.47. The third kappa shape index (κ3) is 2.24. The van der Waals surface area contributed by atoms with Crippen LogP contribution in [0.2, 0.25) is 5.02 Å². The van der Waals surface area contributed by atoms with E-state index in [1.54, 1.807) is 12.1 Å². The number of hydrogen-bond acceptors (Lipinski definition) is 4. The largest absolute Gasteiger partial charge is 0.481 e. The van der Waals surface area contributed by atoms with Gasteiger partial charge in [-0.3, -0.25) is 4.79 Å². The Balaban J connectivity index is 2.47. The van der Waals surface area contributed by atoms with Crippen LogP contribution >= 0.6 is 11.6 Å². The van der Waals surface area contributed by atoms with E-state index in [1.165, 1.54) is 19.4 Å². The van der Waals surface area contributed by atoms with Crippen LogP contribution < -0.4 is 10.5 Å². The predicted octanol–water partition coefficient (Wildman–Crippen LogP) is 2.10. The van der Waals surface area contributed by atoms with Crippen LogP contribution in [0.3, 0.4) is 0 Å². The summed E-state index contributed by atoms with van der Waals surface area (Å²) in [6.07, 6.45) is 1.45. The lowest BCUT2D eigenvalue weighted by Gasteiger charge is -2.03. The van der Waals surface area contributed by atoms with Gasteiger partial charge in [0.05, 0.1) is 18.3 Å². The third-order valence-corrected chi connectivity index (χ3v) is 2.45. The molecule has 0 spiro atoms. The molecule has 0 radical (unpaired) electrons. The van der Waals surface area contributed by atoms with E-state index in [4.69, 9.17) is 26.5 Å². The SMILES string of the molecule is COc1cc(-c2ccc(C(N)=O)o2)c(Cl)cn1. The summed E-state index contributed by atoms with van der Waals surface area (Å²) in [5, 5.41) is 0.399. The minimum atomic E-state index is -0.631. The van der Waals surface area contributed by atoms with E-state index in [0.29, 0.717) is 22.2 Å².